The highest BCUT2D eigenvalue weighted by molar-refractivity contribution is 7.92. The van der Waals surface area contributed by atoms with E-state index in [-0.39, 0.29) is 10.6 Å². The second kappa shape index (κ2) is 5.49. The number of para-hydroxylation sites is 2. The Morgan fingerprint density at radius 1 is 1.33 bits per heavy atom. The number of hydrogen-bond acceptors (Lipinski definition) is 4. The zero-order valence-electron chi connectivity index (χ0n) is 11.4. The van der Waals surface area contributed by atoms with E-state index in [1.807, 2.05) is 0 Å². The Morgan fingerprint density at radius 3 is 2.57 bits per heavy atom. The fourth-order valence-corrected chi connectivity index (χ4v) is 3.03. The van der Waals surface area contributed by atoms with Crippen molar-refractivity contribution in [3.05, 3.63) is 42.2 Å². The van der Waals surface area contributed by atoms with Crippen LogP contribution in [0.25, 0.3) is 0 Å². The van der Waals surface area contributed by atoms with Crippen LogP contribution in [0.5, 0.6) is 5.75 Å². The van der Waals surface area contributed by atoms with Gasteiger partial charge < -0.3 is 14.8 Å². The van der Waals surface area contributed by atoms with Crippen molar-refractivity contribution in [2.24, 2.45) is 0 Å². The number of anilines is 1. The molecule has 0 aliphatic rings. The van der Waals surface area contributed by atoms with Crippen LogP contribution in [0.15, 0.2) is 41.4 Å². The fourth-order valence-electron chi connectivity index (χ4n) is 1.82. The second-order valence-corrected chi connectivity index (χ2v) is 6.17. The van der Waals surface area contributed by atoms with Gasteiger partial charge in [0, 0.05) is 13.2 Å². The zero-order valence-corrected chi connectivity index (χ0v) is 12.2. The van der Waals surface area contributed by atoms with Gasteiger partial charge in [-0.05, 0) is 18.2 Å². The predicted octanol–water partition coefficient (Wildman–Crippen LogP) is 1.55. The first-order valence-corrected chi connectivity index (χ1v) is 7.35. The van der Waals surface area contributed by atoms with Crippen molar-refractivity contribution in [2.75, 3.05) is 18.5 Å². The second-order valence-electron chi connectivity index (χ2n) is 4.20. The van der Waals surface area contributed by atoms with Crippen LogP contribution in [0.4, 0.5) is 5.69 Å². The number of aromatic carboxylic acids is 1. The summed E-state index contributed by atoms with van der Waals surface area (Å²) >= 11 is 0. The van der Waals surface area contributed by atoms with Gasteiger partial charge in [0.25, 0.3) is 10.0 Å². The van der Waals surface area contributed by atoms with Crippen LogP contribution in [0.2, 0.25) is 0 Å². The molecule has 0 amide bonds. The van der Waals surface area contributed by atoms with E-state index >= 15 is 0 Å². The van der Waals surface area contributed by atoms with Crippen LogP contribution in [0.3, 0.4) is 0 Å². The molecule has 2 rings (SSSR count). The van der Waals surface area contributed by atoms with E-state index in [4.69, 9.17) is 9.84 Å². The van der Waals surface area contributed by atoms with Crippen molar-refractivity contribution in [3.63, 3.8) is 0 Å². The Labute approximate surface area is 121 Å². The molecule has 1 aromatic heterocycles. The highest BCUT2D eigenvalue weighted by atomic mass is 32.2. The van der Waals surface area contributed by atoms with Crippen molar-refractivity contribution in [1.82, 2.24) is 4.98 Å². The number of hydrogen-bond donors (Lipinski definition) is 2. The van der Waals surface area contributed by atoms with Gasteiger partial charge in [0.1, 0.15) is 16.3 Å². The summed E-state index contributed by atoms with van der Waals surface area (Å²) in [6.45, 7) is 0. The third-order valence-corrected chi connectivity index (χ3v) is 4.72. The molecule has 8 heteroatoms. The summed E-state index contributed by atoms with van der Waals surface area (Å²) in [4.78, 5) is 13.1. The van der Waals surface area contributed by atoms with E-state index in [0.29, 0.717) is 11.4 Å². The van der Waals surface area contributed by atoms with E-state index in [1.54, 1.807) is 24.3 Å². The van der Waals surface area contributed by atoms with E-state index in [0.717, 1.165) is 16.6 Å². The number of H-pyrrole nitrogens is 1. The first-order chi connectivity index (χ1) is 9.87. The van der Waals surface area contributed by atoms with Gasteiger partial charge in [-0.15, -0.1) is 0 Å². The van der Waals surface area contributed by atoms with Gasteiger partial charge in [-0.3, -0.25) is 4.31 Å². The van der Waals surface area contributed by atoms with Crippen molar-refractivity contribution in [3.8, 4) is 5.75 Å². The number of carboxylic acid groups (broad SMARTS) is 1. The van der Waals surface area contributed by atoms with Crippen molar-refractivity contribution >= 4 is 21.7 Å². The van der Waals surface area contributed by atoms with Crippen LogP contribution in [-0.2, 0) is 10.0 Å². The number of nitrogens with one attached hydrogen (secondary N) is 1. The van der Waals surface area contributed by atoms with Gasteiger partial charge in [0.15, 0.2) is 0 Å². The molecule has 112 valence electrons. The minimum atomic E-state index is -3.88. The topological polar surface area (TPSA) is 99.7 Å². The highest BCUT2D eigenvalue weighted by Crippen LogP contribution is 2.30. The molecule has 0 aliphatic heterocycles. The number of rotatable bonds is 5. The molecule has 0 saturated heterocycles. The molecule has 1 heterocycles. The predicted molar refractivity (Wildman–Crippen MR) is 76.3 cm³/mol. The van der Waals surface area contributed by atoms with Gasteiger partial charge in [-0.25, -0.2) is 13.2 Å². The van der Waals surface area contributed by atoms with Gasteiger partial charge >= 0.3 is 5.97 Å². The number of sulfonamides is 1. The normalized spacial score (nSPS) is 11.1. The molecule has 0 saturated carbocycles. The number of methoxy groups -OCH3 is 1. The molecule has 2 N–H and O–H groups in total. The van der Waals surface area contributed by atoms with E-state index in [2.05, 4.69) is 4.98 Å². The lowest BCUT2D eigenvalue weighted by Crippen LogP contribution is -2.26. The fraction of sp³-hybridized carbons (Fsp3) is 0.154. The average Bonchev–Trinajstić information content (AvgIpc) is 2.97. The van der Waals surface area contributed by atoms with Crippen LogP contribution in [0.1, 0.15) is 10.5 Å². The molecule has 1 aromatic carbocycles. The van der Waals surface area contributed by atoms with E-state index in [9.17, 15) is 13.2 Å². The number of nitrogens with zero attached hydrogens (tertiary/aromatic N) is 1. The Hall–Kier alpha value is -2.48. The maximum absolute atomic E-state index is 12.5. The highest BCUT2D eigenvalue weighted by Gasteiger charge is 2.25. The minimum absolute atomic E-state index is 0.131. The Balaban J connectivity index is 2.45. The largest absolute Gasteiger partial charge is 0.495 e. The third kappa shape index (κ3) is 2.70. The van der Waals surface area contributed by atoms with Gasteiger partial charge in [-0.2, -0.15) is 0 Å². The molecule has 0 fully saturated rings. The quantitative estimate of drug-likeness (QED) is 0.872. The van der Waals surface area contributed by atoms with E-state index < -0.39 is 16.0 Å². The van der Waals surface area contributed by atoms with Crippen LogP contribution < -0.4 is 9.04 Å². The van der Waals surface area contributed by atoms with Crippen LogP contribution in [-0.4, -0.2) is 38.6 Å². The molecule has 0 unspecified atom stereocenters. The van der Waals surface area contributed by atoms with Gasteiger partial charge in [0.2, 0.25) is 0 Å². The summed E-state index contributed by atoms with van der Waals surface area (Å²) in [5.41, 5.74) is 0.167. The van der Waals surface area contributed by atoms with Gasteiger partial charge in [-0.1, -0.05) is 12.1 Å². The summed E-state index contributed by atoms with van der Waals surface area (Å²) < 4.78 is 31.2. The molecule has 21 heavy (non-hydrogen) atoms. The minimum Gasteiger partial charge on any atom is -0.495 e. The zero-order chi connectivity index (χ0) is 15.6. The summed E-state index contributed by atoms with van der Waals surface area (Å²) in [7, 11) is -1.06. The van der Waals surface area contributed by atoms with Crippen LogP contribution >= 0.6 is 0 Å². The number of carbonyl (C=O) groups is 1. The smallest absolute Gasteiger partial charge is 0.352 e. The SMILES string of the molecule is COc1ccccc1N(C)S(=O)(=O)c1c[nH]c(C(=O)O)c1. The lowest BCUT2D eigenvalue weighted by atomic mass is 10.3. The monoisotopic (exact) mass is 310 g/mol. The first-order valence-electron chi connectivity index (χ1n) is 5.91. The molecule has 0 spiro atoms. The summed E-state index contributed by atoms with van der Waals surface area (Å²) in [6.07, 6.45) is 1.14. The maximum atomic E-state index is 12.5. The lowest BCUT2D eigenvalue weighted by Gasteiger charge is -2.20. The third-order valence-electron chi connectivity index (χ3n) is 2.97. The number of aromatic amines is 1. The average molecular weight is 310 g/mol. The molecule has 0 bridgehead atoms. The van der Waals surface area contributed by atoms with Crippen LogP contribution in [0, 0.1) is 0 Å². The first kappa shape index (κ1) is 14.9. The number of aromatic nitrogens is 1. The maximum Gasteiger partial charge on any atom is 0.352 e. The lowest BCUT2D eigenvalue weighted by molar-refractivity contribution is 0.0691. The van der Waals surface area contributed by atoms with E-state index in [1.165, 1.54) is 14.2 Å². The Bertz CT molecular complexity index is 766. The van der Waals surface area contributed by atoms with Crippen molar-refractivity contribution < 1.29 is 23.1 Å². The molecule has 0 atom stereocenters. The number of ether oxygens (including phenoxy) is 1. The number of benzene rings is 1. The Morgan fingerprint density at radius 2 is 2.00 bits per heavy atom. The Kier molecular flexibility index (Phi) is 3.90. The molecular weight excluding hydrogens is 296 g/mol. The molecule has 0 radical (unpaired) electrons. The molecular formula is C13H14N2O5S. The van der Waals surface area contributed by atoms with Crippen molar-refractivity contribution in [2.45, 2.75) is 4.90 Å². The summed E-state index contributed by atoms with van der Waals surface area (Å²) in [6, 6.07) is 7.72. The number of carboxylic acids is 1. The van der Waals surface area contributed by atoms with Crippen molar-refractivity contribution in [1.29, 1.82) is 0 Å². The standard InChI is InChI=1S/C13H14N2O5S/c1-15(11-5-3-4-6-12(11)20-2)21(18,19)9-7-10(13(16)17)14-8-9/h3-8,14H,1-2H3,(H,16,17). The molecule has 7 nitrogen and oxygen atoms in total. The molecule has 0 aliphatic carbocycles. The summed E-state index contributed by atoms with van der Waals surface area (Å²) in [5, 5.41) is 8.84. The summed E-state index contributed by atoms with van der Waals surface area (Å²) in [5.74, 6) is -0.825. The van der Waals surface area contributed by atoms with Gasteiger partial charge in [0.05, 0.1) is 12.8 Å². The molecule has 2 aromatic rings.